The summed E-state index contributed by atoms with van der Waals surface area (Å²) < 4.78 is 0. The van der Waals surface area contributed by atoms with Gasteiger partial charge in [0, 0.05) is 23.4 Å². The van der Waals surface area contributed by atoms with E-state index in [2.05, 4.69) is 10.0 Å². The summed E-state index contributed by atoms with van der Waals surface area (Å²) in [5.74, 6) is 0.233. The topological polar surface area (TPSA) is 65.8 Å². The number of carbonyl (C=O) groups excluding carboxylic acids is 1. The first-order valence-electron chi connectivity index (χ1n) is 5.65. The fraction of sp³-hybridized carbons (Fsp3) is 0.308. The molecule has 0 saturated carbocycles. The smallest absolute Gasteiger partial charge is 0.163 e. The van der Waals surface area contributed by atoms with Crippen LogP contribution in [0.25, 0.3) is 16.5 Å². The maximum absolute atomic E-state index is 11.7. The lowest BCUT2D eigenvalue weighted by atomic mass is 9.89. The fourth-order valence-electron chi connectivity index (χ4n) is 2.02. The second-order valence-electron chi connectivity index (χ2n) is 4.01. The van der Waals surface area contributed by atoms with Crippen LogP contribution < -0.4 is 0 Å². The summed E-state index contributed by atoms with van der Waals surface area (Å²) in [5.41, 5.74) is 11.1. The summed E-state index contributed by atoms with van der Waals surface area (Å²) in [6.07, 6.45) is 6.26. The Labute approximate surface area is 99.6 Å². The summed E-state index contributed by atoms with van der Waals surface area (Å²) in [6, 6.07) is 5.92. The Balaban J connectivity index is 2.20. The Bertz CT molecular complexity index is 513. The van der Waals surface area contributed by atoms with Crippen molar-refractivity contribution >= 4 is 11.9 Å². The minimum absolute atomic E-state index is 0.233. The Morgan fingerprint density at radius 1 is 1.41 bits per heavy atom. The molecule has 4 nitrogen and oxygen atoms in total. The van der Waals surface area contributed by atoms with Crippen LogP contribution >= 0.6 is 0 Å². The van der Waals surface area contributed by atoms with Crippen molar-refractivity contribution in [2.24, 2.45) is 5.11 Å². The van der Waals surface area contributed by atoms with Crippen molar-refractivity contribution in [3.8, 4) is 0 Å². The van der Waals surface area contributed by atoms with Gasteiger partial charge in [-0.15, -0.1) is 0 Å². The van der Waals surface area contributed by atoms with Crippen molar-refractivity contribution in [3.05, 3.63) is 51.4 Å². The van der Waals surface area contributed by atoms with Gasteiger partial charge in [-0.1, -0.05) is 29.4 Å². The van der Waals surface area contributed by atoms with Gasteiger partial charge in [0.15, 0.2) is 5.78 Å². The summed E-state index contributed by atoms with van der Waals surface area (Å²) in [4.78, 5) is 14.4. The molecule has 1 aliphatic carbocycles. The first kappa shape index (κ1) is 11.4. The molecular weight excluding hydrogens is 214 g/mol. The quantitative estimate of drug-likeness (QED) is 0.442. The largest absolute Gasteiger partial charge is 0.294 e. The highest BCUT2D eigenvalue weighted by molar-refractivity contribution is 5.98. The number of Topliss-reactive ketones (excluding diaryl/α,β-unsaturated/α-hetero) is 1. The van der Waals surface area contributed by atoms with Gasteiger partial charge in [-0.2, -0.15) is 0 Å². The molecule has 0 atom stereocenters. The molecule has 0 N–H and O–H groups in total. The van der Waals surface area contributed by atoms with Gasteiger partial charge in [-0.25, -0.2) is 0 Å². The van der Waals surface area contributed by atoms with Crippen LogP contribution in [0.2, 0.25) is 0 Å². The predicted molar refractivity (Wildman–Crippen MR) is 66.8 cm³/mol. The summed E-state index contributed by atoms with van der Waals surface area (Å²) >= 11 is 0. The van der Waals surface area contributed by atoms with Crippen molar-refractivity contribution in [2.75, 3.05) is 6.54 Å². The van der Waals surface area contributed by atoms with E-state index in [1.54, 1.807) is 6.08 Å². The van der Waals surface area contributed by atoms with Crippen molar-refractivity contribution in [3.63, 3.8) is 0 Å². The SMILES string of the molecule is [N-]=[N+]=NCC=Cc1ccc2c(c1)C(=O)CCC2. The lowest BCUT2D eigenvalue weighted by molar-refractivity contribution is 0.0972. The van der Waals surface area contributed by atoms with E-state index >= 15 is 0 Å². The van der Waals surface area contributed by atoms with Gasteiger partial charge < -0.3 is 0 Å². The van der Waals surface area contributed by atoms with Gasteiger partial charge in [0.05, 0.1) is 0 Å². The van der Waals surface area contributed by atoms with E-state index in [0.717, 1.165) is 29.5 Å². The number of aryl methyl sites for hydroxylation is 1. The molecule has 0 saturated heterocycles. The number of hydrogen-bond acceptors (Lipinski definition) is 2. The van der Waals surface area contributed by atoms with Gasteiger partial charge in [0.1, 0.15) is 0 Å². The lowest BCUT2D eigenvalue weighted by Crippen LogP contribution is -2.10. The highest BCUT2D eigenvalue weighted by Crippen LogP contribution is 2.22. The Kier molecular flexibility index (Phi) is 3.58. The molecule has 0 amide bonds. The van der Waals surface area contributed by atoms with E-state index < -0.39 is 0 Å². The Morgan fingerprint density at radius 2 is 2.29 bits per heavy atom. The molecule has 0 spiro atoms. The van der Waals surface area contributed by atoms with E-state index in [0.29, 0.717) is 13.0 Å². The first-order chi connectivity index (χ1) is 8.31. The van der Waals surface area contributed by atoms with Crippen molar-refractivity contribution < 1.29 is 4.79 Å². The zero-order chi connectivity index (χ0) is 12.1. The number of azide groups is 1. The van der Waals surface area contributed by atoms with Crippen LogP contribution in [0.4, 0.5) is 0 Å². The highest BCUT2D eigenvalue weighted by Gasteiger charge is 2.16. The average Bonchev–Trinajstić information content (AvgIpc) is 2.36. The second-order valence-corrected chi connectivity index (χ2v) is 4.01. The molecule has 0 bridgehead atoms. The van der Waals surface area contributed by atoms with Crippen LogP contribution in [-0.2, 0) is 6.42 Å². The average molecular weight is 227 g/mol. The van der Waals surface area contributed by atoms with E-state index in [1.165, 1.54) is 0 Å². The number of hydrogen-bond donors (Lipinski definition) is 0. The van der Waals surface area contributed by atoms with Gasteiger partial charge >= 0.3 is 0 Å². The lowest BCUT2D eigenvalue weighted by Gasteiger charge is -2.14. The van der Waals surface area contributed by atoms with Gasteiger partial charge in [-0.05, 0) is 35.6 Å². The molecule has 0 unspecified atom stereocenters. The van der Waals surface area contributed by atoms with Gasteiger partial charge in [0.2, 0.25) is 0 Å². The molecule has 4 heteroatoms. The van der Waals surface area contributed by atoms with E-state index in [9.17, 15) is 4.79 Å². The maximum Gasteiger partial charge on any atom is 0.163 e. The fourth-order valence-corrected chi connectivity index (χ4v) is 2.02. The number of benzene rings is 1. The molecule has 1 aromatic rings. The van der Waals surface area contributed by atoms with Crippen LogP contribution in [0.5, 0.6) is 0 Å². The summed E-state index contributed by atoms with van der Waals surface area (Å²) in [6.45, 7) is 0.335. The maximum atomic E-state index is 11.7. The molecule has 2 rings (SSSR count). The Morgan fingerprint density at radius 3 is 3.12 bits per heavy atom. The monoisotopic (exact) mass is 227 g/mol. The molecule has 0 aromatic heterocycles. The predicted octanol–water partition coefficient (Wildman–Crippen LogP) is 3.53. The number of nitrogens with zero attached hydrogens (tertiary/aromatic N) is 3. The van der Waals surface area contributed by atoms with Crippen molar-refractivity contribution in [1.82, 2.24) is 0 Å². The molecule has 86 valence electrons. The number of rotatable bonds is 3. The number of ketones is 1. The molecule has 0 aliphatic heterocycles. The summed E-state index contributed by atoms with van der Waals surface area (Å²) in [7, 11) is 0. The first-order valence-corrected chi connectivity index (χ1v) is 5.65. The second kappa shape index (κ2) is 5.32. The number of fused-ring (bicyclic) bond motifs is 1. The van der Waals surface area contributed by atoms with E-state index in [-0.39, 0.29) is 5.78 Å². The van der Waals surface area contributed by atoms with E-state index in [1.807, 2.05) is 24.3 Å². The molecular formula is C13H13N3O. The standard InChI is InChI=1S/C13H13N3O/c14-16-15-8-2-3-10-6-7-11-4-1-5-13(17)12(11)9-10/h2-3,6-7,9H,1,4-5,8H2. The molecule has 1 aromatic carbocycles. The third-order valence-corrected chi connectivity index (χ3v) is 2.84. The van der Waals surface area contributed by atoms with Crippen molar-refractivity contribution in [1.29, 1.82) is 0 Å². The molecule has 1 aliphatic rings. The van der Waals surface area contributed by atoms with Crippen LogP contribution in [0.1, 0.15) is 34.3 Å². The zero-order valence-corrected chi connectivity index (χ0v) is 9.47. The Hall–Kier alpha value is -2.06. The minimum Gasteiger partial charge on any atom is -0.294 e. The van der Waals surface area contributed by atoms with Crippen LogP contribution in [0.15, 0.2) is 29.4 Å². The third kappa shape index (κ3) is 2.74. The highest BCUT2D eigenvalue weighted by atomic mass is 16.1. The third-order valence-electron chi connectivity index (χ3n) is 2.84. The van der Waals surface area contributed by atoms with Crippen LogP contribution in [0.3, 0.4) is 0 Å². The van der Waals surface area contributed by atoms with Crippen molar-refractivity contribution in [2.45, 2.75) is 19.3 Å². The molecule has 0 heterocycles. The summed E-state index contributed by atoms with van der Waals surface area (Å²) in [5, 5.41) is 3.42. The van der Waals surface area contributed by atoms with Crippen LogP contribution in [-0.4, -0.2) is 12.3 Å². The molecule has 0 fully saturated rings. The number of carbonyl (C=O) groups is 1. The van der Waals surface area contributed by atoms with Gasteiger partial charge in [-0.3, -0.25) is 4.79 Å². The zero-order valence-electron chi connectivity index (χ0n) is 9.47. The van der Waals surface area contributed by atoms with Gasteiger partial charge in [0.25, 0.3) is 0 Å². The van der Waals surface area contributed by atoms with E-state index in [4.69, 9.17) is 5.53 Å². The van der Waals surface area contributed by atoms with Crippen LogP contribution in [0, 0.1) is 0 Å². The minimum atomic E-state index is 0.233. The normalized spacial score (nSPS) is 14.5. The molecule has 0 radical (unpaired) electrons. The molecule has 17 heavy (non-hydrogen) atoms.